The first kappa shape index (κ1) is 18.3. The third-order valence-corrected chi connectivity index (χ3v) is 5.31. The van der Waals surface area contributed by atoms with Gasteiger partial charge in [0, 0.05) is 30.5 Å². The van der Waals surface area contributed by atoms with E-state index in [1.54, 1.807) is 12.1 Å². The zero-order valence-electron chi connectivity index (χ0n) is 15.1. The number of rotatable bonds is 3. The first-order chi connectivity index (χ1) is 13.1. The number of allylic oxidation sites excluding steroid dienone is 2. The van der Waals surface area contributed by atoms with Gasteiger partial charge in [-0.2, -0.15) is 15.8 Å². The van der Waals surface area contributed by atoms with Gasteiger partial charge in [0.25, 0.3) is 0 Å². The summed E-state index contributed by atoms with van der Waals surface area (Å²) in [5.74, 6) is 0.0652. The lowest BCUT2D eigenvalue weighted by atomic mass is 9.58. The van der Waals surface area contributed by atoms with Gasteiger partial charge >= 0.3 is 0 Å². The fourth-order valence-electron chi connectivity index (χ4n) is 4.11. The van der Waals surface area contributed by atoms with E-state index in [0.29, 0.717) is 30.2 Å². The summed E-state index contributed by atoms with van der Waals surface area (Å²) in [5.41, 5.74) is 6.22. The molecule has 0 saturated carbocycles. The zero-order chi connectivity index (χ0) is 19.6. The maximum Gasteiger partial charge on any atom is 0.191 e. The van der Waals surface area contributed by atoms with Gasteiger partial charge in [-0.1, -0.05) is 18.2 Å². The monoisotopic (exact) mass is 361 g/mol. The molecule has 0 fully saturated rings. The largest absolute Gasteiger partial charge is 0.493 e. The average molecular weight is 361 g/mol. The Hall–Kier alpha value is -3.47. The van der Waals surface area contributed by atoms with E-state index in [4.69, 9.17) is 15.2 Å². The molecule has 0 bridgehead atoms. The maximum absolute atomic E-state index is 10.0. The van der Waals surface area contributed by atoms with Crippen molar-refractivity contribution >= 4 is 0 Å². The number of methoxy groups -OCH3 is 2. The van der Waals surface area contributed by atoms with Crippen LogP contribution < -0.4 is 20.5 Å². The Labute approximate surface area is 157 Å². The summed E-state index contributed by atoms with van der Waals surface area (Å²) in [5, 5.41) is 33.0. The number of fused-ring (bicyclic) bond motifs is 1. The number of hydrogen-bond donors (Lipinski definition) is 2. The second kappa shape index (κ2) is 7.03. The van der Waals surface area contributed by atoms with Gasteiger partial charge < -0.3 is 20.5 Å². The van der Waals surface area contributed by atoms with Crippen molar-refractivity contribution < 1.29 is 9.47 Å². The van der Waals surface area contributed by atoms with E-state index >= 15 is 0 Å². The topological polar surface area (TPSA) is 128 Å². The Morgan fingerprint density at radius 2 is 1.93 bits per heavy atom. The van der Waals surface area contributed by atoms with Crippen LogP contribution in [0.2, 0.25) is 0 Å². The smallest absolute Gasteiger partial charge is 0.191 e. The highest BCUT2D eigenvalue weighted by molar-refractivity contribution is 5.62. The van der Waals surface area contributed by atoms with Crippen molar-refractivity contribution in [2.24, 2.45) is 17.1 Å². The van der Waals surface area contributed by atoms with E-state index in [1.807, 2.05) is 12.1 Å². The molecule has 0 radical (unpaired) electrons. The van der Waals surface area contributed by atoms with Gasteiger partial charge in [-0.05, 0) is 11.6 Å². The summed E-state index contributed by atoms with van der Waals surface area (Å²) in [6.07, 6.45) is 1.90. The van der Waals surface area contributed by atoms with Crippen molar-refractivity contribution in [1.82, 2.24) is 5.32 Å². The minimum Gasteiger partial charge on any atom is -0.493 e. The lowest BCUT2D eigenvalue weighted by Crippen LogP contribution is -2.47. The quantitative estimate of drug-likeness (QED) is 0.838. The highest BCUT2D eigenvalue weighted by atomic mass is 16.5. The number of benzene rings is 1. The molecule has 0 aromatic heterocycles. The van der Waals surface area contributed by atoms with Gasteiger partial charge in [-0.3, -0.25) is 0 Å². The van der Waals surface area contributed by atoms with E-state index < -0.39 is 11.3 Å². The van der Waals surface area contributed by atoms with Crippen molar-refractivity contribution in [1.29, 1.82) is 15.8 Å². The molecule has 1 aromatic carbocycles. The third-order valence-electron chi connectivity index (χ3n) is 5.31. The van der Waals surface area contributed by atoms with Crippen molar-refractivity contribution in [3.63, 3.8) is 0 Å². The van der Waals surface area contributed by atoms with Crippen LogP contribution in [-0.2, 0) is 0 Å². The van der Waals surface area contributed by atoms with Crippen LogP contribution in [-0.4, -0.2) is 27.3 Å². The molecule has 1 aliphatic carbocycles. The summed E-state index contributed by atoms with van der Waals surface area (Å²) in [4.78, 5) is 0. The standard InChI is InChI=1S/C20H19N5O2/c1-26-16-5-3-4-13(18(16)27-2)17-15-9-25-7-6-12(15)14(8-21)19(24)20(17,10-22)11-23/h3-6,15,17,25H,7,9,24H2,1-2H3/t15-,17+/m1/s1. The van der Waals surface area contributed by atoms with Crippen LogP contribution in [0.4, 0.5) is 0 Å². The van der Waals surface area contributed by atoms with Crippen molar-refractivity contribution in [2.75, 3.05) is 27.3 Å². The number of nitriles is 3. The van der Waals surface area contributed by atoms with Gasteiger partial charge in [-0.15, -0.1) is 0 Å². The summed E-state index contributed by atoms with van der Waals surface area (Å²) in [7, 11) is 3.04. The van der Waals surface area contributed by atoms with Crippen molar-refractivity contribution in [2.45, 2.75) is 5.92 Å². The molecule has 0 unspecified atom stereocenters. The zero-order valence-corrected chi connectivity index (χ0v) is 15.1. The molecule has 3 N–H and O–H groups in total. The second-order valence-electron chi connectivity index (χ2n) is 6.42. The van der Waals surface area contributed by atoms with Crippen LogP contribution in [0.3, 0.4) is 0 Å². The van der Waals surface area contributed by atoms with Crippen LogP contribution in [0.15, 0.2) is 41.1 Å². The molecular formula is C20H19N5O2. The van der Waals surface area contributed by atoms with Crippen LogP contribution >= 0.6 is 0 Å². The van der Waals surface area contributed by atoms with E-state index in [2.05, 4.69) is 23.5 Å². The summed E-state index contributed by atoms with van der Waals surface area (Å²) in [6.45, 7) is 1.11. The molecule has 2 atom stereocenters. The van der Waals surface area contributed by atoms with Crippen molar-refractivity contribution in [3.05, 3.63) is 46.7 Å². The first-order valence-corrected chi connectivity index (χ1v) is 8.44. The molecule has 0 saturated heterocycles. The summed E-state index contributed by atoms with van der Waals surface area (Å²) < 4.78 is 11.0. The van der Waals surface area contributed by atoms with Crippen LogP contribution in [0.25, 0.3) is 0 Å². The molecule has 136 valence electrons. The molecule has 2 aliphatic rings. The second-order valence-corrected chi connectivity index (χ2v) is 6.42. The van der Waals surface area contributed by atoms with E-state index in [0.717, 1.165) is 5.57 Å². The Morgan fingerprint density at radius 3 is 2.52 bits per heavy atom. The van der Waals surface area contributed by atoms with Crippen LogP contribution in [0.1, 0.15) is 11.5 Å². The van der Waals surface area contributed by atoms with Gasteiger partial charge in [0.05, 0.1) is 37.6 Å². The van der Waals surface area contributed by atoms with Crippen molar-refractivity contribution in [3.8, 4) is 29.7 Å². The number of nitrogens with two attached hydrogens (primary N) is 1. The minimum absolute atomic E-state index is 0.00530. The Kier molecular flexibility index (Phi) is 4.77. The molecule has 7 nitrogen and oxygen atoms in total. The van der Waals surface area contributed by atoms with Crippen LogP contribution in [0, 0.1) is 45.3 Å². The SMILES string of the molecule is COc1cccc([C@H]2[C@@H]3CNCC=C3C(C#N)=C(N)C2(C#N)C#N)c1OC. The Balaban J connectivity index is 2.38. The molecule has 1 aliphatic heterocycles. The number of ether oxygens (including phenoxy) is 2. The third kappa shape index (κ3) is 2.51. The Morgan fingerprint density at radius 1 is 1.19 bits per heavy atom. The minimum atomic E-state index is -1.69. The molecule has 3 rings (SSSR count). The molecule has 0 spiro atoms. The maximum atomic E-state index is 10.0. The predicted molar refractivity (Wildman–Crippen MR) is 97.2 cm³/mol. The van der Waals surface area contributed by atoms with Gasteiger partial charge in [0.1, 0.15) is 6.07 Å². The van der Waals surface area contributed by atoms with E-state index in [-0.39, 0.29) is 17.2 Å². The van der Waals surface area contributed by atoms with E-state index in [1.165, 1.54) is 14.2 Å². The normalized spacial score (nSPS) is 23.1. The average Bonchev–Trinajstić information content (AvgIpc) is 2.72. The molecule has 27 heavy (non-hydrogen) atoms. The molecule has 1 heterocycles. The van der Waals surface area contributed by atoms with Gasteiger partial charge in [0.15, 0.2) is 16.9 Å². The van der Waals surface area contributed by atoms with Gasteiger partial charge in [0.2, 0.25) is 0 Å². The molecular weight excluding hydrogens is 342 g/mol. The summed E-state index contributed by atoms with van der Waals surface area (Å²) >= 11 is 0. The first-order valence-electron chi connectivity index (χ1n) is 8.44. The number of nitrogens with one attached hydrogen (secondary N) is 1. The Bertz CT molecular complexity index is 944. The summed E-state index contributed by atoms with van der Waals surface area (Å²) in [6, 6.07) is 11.7. The fraction of sp³-hybridized carbons (Fsp3) is 0.350. The lowest BCUT2D eigenvalue weighted by Gasteiger charge is -2.43. The molecule has 7 heteroatoms. The van der Waals surface area contributed by atoms with E-state index in [9.17, 15) is 15.8 Å². The number of hydrogen-bond acceptors (Lipinski definition) is 7. The molecule has 1 aromatic rings. The van der Waals surface area contributed by atoms with Gasteiger partial charge in [-0.25, -0.2) is 0 Å². The predicted octanol–water partition coefficient (Wildman–Crippen LogP) is 1.72. The number of nitrogens with zero attached hydrogens (tertiary/aromatic N) is 3. The fourth-order valence-corrected chi connectivity index (χ4v) is 4.11. The highest BCUT2D eigenvalue weighted by Gasteiger charge is 2.54. The lowest BCUT2D eigenvalue weighted by molar-refractivity contribution is 0.305. The number of para-hydroxylation sites is 1. The molecule has 0 amide bonds. The van der Waals surface area contributed by atoms with Crippen LogP contribution in [0.5, 0.6) is 11.5 Å². The highest BCUT2D eigenvalue weighted by Crippen LogP contribution is 2.56.